The molecule has 5 heteroatoms. The molecule has 5 nitrogen and oxygen atoms in total. The van der Waals surface area contributed by atoms with Crippen LogP contribution in [0.1, 0.15) is 24.1 Å². The summed E-state index contributed by atoms with van der Waals surface area (Å²) in [7, 11) is 0. The fourth-order valence-corrected chi connectivity index (χ4v) is 3.28. The number of hydrogen-bond acceptors (Lipinski definition) is 4. The van der Waals surface area contributed by atoms with Gasteiger partial charge in [0.1, 0.15) is 11.1 Å². The highest BCUT2D eigenvalue weighted by molar-refractivity contribution is 6.05. The van der Waals surface area contributed by atoms with Gasteiger partial charge in [-0.05, 0) is 31.9 Å². The molecule has 0 saturated heterocycles. The van der Waals surface area contributed by atoms with Gasteiger partial charge in [-0.15, -0.1) is 0 Å². The van der Waals surface area contributed by atoms with Crippen molar-refractivity contribution in [2.75, 3.05) is 0 Å². The molecule has 1 N–H and O–H groups in total. The standard InChI is InChI=1S/C16H13NO4/c1-7-6-9-4-3-5-10-12(9)17(7)15(19)11-13(18)8(2)16(20)21-14(10)11/h3-5,7,18H,6H2,1-2H3. The number of aromatic hydroxyl groups is 1. The molecule has 0 saturated carbocycles. The maximum Gasteiger partial charge on any atom is 0.342 e. The Hall–Kier alpha value is -2.56. The number of fused-ring (bicyclic) bond motifs is 2. The number of para-hydroxylation sites is 1. The van der Waals surface area contributed by atoms with Crippen LogP contribution in [-0.2, 0) is 6.42 Å². The molecule has 1 aliphatic heterocycles. The monoisotopic (exact) mass is 283 g/mol. The molecule has 1 aliphatic rings. The summed E-state index contributed by atoms with van der Waals surface area (Å²) < 4.78 is 7.00. The van der Waals surface area contributed by atoms with E-state index in [1.165, 1.54) is 6.92 Å². The van der Waals surface area contributed by atoms with E-state index in [0.717, 1.165) is 17.5 Å². The predicted octanol–water partition coefficient (Wildman–Crippen LogP) is 2.24. The molecular formula is C16H13NO4. The minimum atomic E-state index is -0.615. The van der Waals surface area contributed by atoms with E-state index in [0.29, 0.717) is 5.39 Å². The Bertz CT molecular complexity index is 1040. The van der Waals surface area contributed by atoms with Crippen molar-refractivity contribution in [3.8, 4) is 5.75 Å². The zero-order valence-corrected chi connectivity index (χ0v) is 11.6. The van der Waals surface area contributed by atoms with E-state index in [4.69, 9.17) is 4.42 Å². The molecule has 4 rings (SSSR count). The molecular weight excluding hydrogens is 270 g/mol. The first-order valence-corrected chi connectivity index (χ1v) is 6.83. The van der Waals surface area contributed by atoms with Gasteiger partial charge in [-0.25, -0.2) is 4.79 Å². The van der Waals surface area contributed by atoms with Crippen LogP contribution in [0.2, 0.25) is 0 Å². The first-order valence-electron chi connectivity index (χ1n) is 6.83. The van der Waals surface area contributed by atoms with Crippen molar-refractivity contribution < 1.29 is 9.52 Å². The number of benzene rings is 1. The van der Waals surface area contributed by atoms with Crippen molar-refractivity contribution in [1.82, 2.24) is 4.57 Å². The van der Waals surface area contributed by atoms with Crippen LogP contribution in [0.15, 0.2) is 32.2 Å². The molecule has 1 aromatic carbocycles. The highest BCUT2D eigenvalue weighted by Crippen LogP contribution is 2.36. The van der Waals surface area contributed by atoms with E-state index in [-0.39, 0.29) is 33.9 Å². The van der Waals surface area contributed by atoms with Gasteiger partial charge in [0.05, 0.1) is 11.1 Å². The number of hydrogen-bond donors (Lipinski definition) is 1. The Morgan fingerprint density at radius 1 is 1.33 bits per heavy atom. The highest BCUT2D eigenvalue weighted by atomic mass is 16.4. The molecule has 0 aliphatic carbocycles. The van der Waals surface area contributed by atoms with Crippen molar-refractivity contribution >= 4 is 21.9 Å². The Morgan fingerprint density at radius 3 is 2.86 bits per heavy atom. The van der Waals surface area contributed by atoms with Crippen LogP contribution >= 0.6 is 0 Å². The summed E-state index contributed by atoms with van der Waals surface area (Å²) in [5, 5.41) is 11.0. The third-order valence-corrected chi connectivity index (χ3v) is 4.31. The van der Waals surface area contributed by atoms with Gasteiger partial charge in [0.2, 0.25) is 0 Å². The normalized spacial score (nSPS) is 17.0. The minimum absolute atomic E-state index is 0.0217. The number of aromatic nitrogens is 1. The average molecular weight is 283 g/mol. The van der Waals surface area contributed by atoms with Gasteiger partial charge in [0, 0.05) is 11.4 Å². The molecule has 2 aromatic heterocycles. The van der Waals surface area contributed by atoms with E-state index in [2.05, 4.69) is 0 Å². The molecule has 21 heavy (non-hydrogen) atoms. The van der Waals surface area contributed by atoms with Crippen LogP contribution in [0.3, 0.4) is 0 Å². The second-order valence-corrected chi connectivity index (χ2v) is 5.61. The maximum absolute atomic E-state index is 12.7. The molecule has 1 unspecified atom stereocenters. The molecule has 0 spiro atoms. The quantitative estimate of drug-likeness (QED) is 0.642. The second kappa shape index (κ2) is 3.75. The van der Waals surface area contributed by atoms with Crippen LogP contribution in [0.4, 0.5) is 0 Å². The first kappa shape index (κ1) is 12.2. The lowest BCUT2D eigenvalue weighted by atomic mass is 10.1. The van der Waals surface area contributed by atoms with Gasteiger partial charge in [-0.2, -0.15) is 0 Å². The molecule has 0 radical (unpaired) electrons. The van der Waals surface area contributed by atoms with Crippen LogP contribution in [0.5, 0.6) is 5.75 Å². The van der Waals surface area contributed by atoms with Gasteiger partial charge in [-0.1, -0.05) is 12.1 Å². The molecule has 0 fully saturated rings. The third kappa shape index (κ3) is 1.35. The maximum atomic E-state index is 12.7. The number of pyridine rings is 1. The Balaban J connectivity index is 2.43. The SMILES string of the molecule is Cc1c(O)c2c(=O)n3c4c(cccc4c2oc1=O)CC3C. The Labute approximate surface area is 119 Å². The lowest BCUT2D eigenvalue weighted by Gasteiger charge is -2.12. The minimum Gasteiger partial charge on any atom is -0.506 e. The fourth-order valence-electron chi connectivity index (χ4n) is 3.28. The summed E-state index contributed by atoms with van der Waals surface area (Å²) in [5.74, 6) is -0.276. The van der Waals surface area contributed by atoms with E-state index >= 15 is 0 Å². The van der Waals surface area contributed by atoms with E-state index in [1.54, 1.807) is 4.57 Å². The average Bonchev–Trinajstić information content (AvgIpc) is 2.79. The van der Waals surface area contributed by atoms with Gasteiger partial charge in [-0.3, -0.25) is 4.79 Å². The summed E-state index contributed by atoms with van der Waals surface area (Å²) >= 11 is 0. The molecule has 3 aromatic rings. The Kier molecular flexibility index (Phi) is 2.18. The lowest BCUT2D eigenvalue weighted by molar-refractivity contribution is 0.460. The summed E-state index contributed by atoms with van der Waals surface area (Å²) in [6.45, 7) is 3.42. The van der Waals surface area contributed by atoms with Crippen molar-refractivity contribution in [3.63, 3.8) is 0 Å². The molecule has 1 atom stereocenters. The second-order valence-electron chi connectivity index (χ2n) is 5.61. The largest absolute Gasteiger partial charge is 0.506 e. The van der Waals surface area contributed by atoms with E-state index in [1.807, 2.05) is 25.1 Å². The van der Waals surface area contributed by atoms with E-state index < -0.39 is 5.63 Å². The molecule has 3 heterocycles. The topological polar surface area (TPSA) is 72.4 Å². The van der Waals surface area contributed by atoms with Crippen molar-refractivity contribution in [1.29, 1.82) is 0 Å². The predicted molar refractivity (Wildman–Crippen MR) is 79.1 cm³/mol. The summed E-state index contributed by atoms with van der Waals surface area (Å²) in [6, 6.07) is 5.68. The number of rotatable bonds is 0. The zero-order valence-electron chi connectivity index (χ0n) is 11.6. The third-order valence-electron chi connectivity index (χ3n) is 4.31. The van der Waals surface area contributed by atoms with Crippen molar-refractivity contribution in [3.05, 3.63) is 50.1 Å². The van der Waals surface area contributed by atoms with Crippen molar-refractivity contribution in [2.24, 2.45) is 0 Å². The van der Waals surface area contributed by atoms with Crippen LogP contribution in [-0.4, -0.2) is 9.67 Å². The van der Waals surface area contributed by atoms with Gasteiger partial charge in [0.15, 0.2) is 5.58 Å². The van der Waals surface area contributed by atoms with Gasteiger partial charge < -0.3 is 14.1 Å². The lowest BCUT2D eigenvalue weighted by Crippen LogP contribution is -2.22. The van der Waals surface area contributed by atoms with Crippen LogP contribution in [0.25, 0.3) is 21.9 Å². The van der Waals surface area contributed by atoms with Crippen LogP contribution < -0.4 is 11.2 Å². The molecule has 106 valence electrons. The fraction of sp³-hybridized carbons (Fsp3) is 0.250. The van der Waals surface area contributed by atoms with E-state index in [9.17, 15) is 14.7 Å². The van der Waals surface area contributed by atoms with Gasteiger partial charge in [0.25, 0.3) is 5.56 Å². The van der Waals surface area contributed by atoms with Crippen LogP contribution in [0, 0.1) is 6.92 Å². The summed E-state index contributed by atoms with van der Waals surface area (Å²) in [4.78, 5) is 24.6. The highest BCUT2D eigenvalue weighted by Gasteiger charge is 2.27. The van der Waals surface area contributed by atoms with Gasteiger partial charge >= 0.3 is 5.63 Å². The molecule has 0 bridgehead atoms. The first-order chi connectivity index (χ1) is 10.0. The summed E-state index contributed by atoms with van der Waals surface area (Å²) in [6.07, 6.45) is 0.757. The summed E-state index contributed by atoms with van der Waals surface area (Å²) in [5.41, 5.74) is 1.18. The smallest absolute Gasteiger partial charge is 0.342 e. The zero-order chi connectivity index (χ0) is 14.9. The Morgan fingerprint density at radius 2 is 2.10 bits per heavy atom. The number of nitrogens with zero attached hydrogens (tertiary/aromatic N) is 1. The molecule has 0 amide bonds. The van der Waals surface area contributed by atoms with Crippen molar-refractivity contribution in [2.45, 2.75) is 26.3 Å².